The molecule has 1 rings (SSSR count). The van der Waals surface area contributed by atoms with E-state index in [-0.39, 0.29) is 5.56 Å². The highest BCUT2D eigenvalue weighted by Crippen LogP contribution is 2.22. The van der Waals surface area contributed by atoms with Gasteiger partial charge in [0.2, 0.25) is 5.75 Å². The number of rotatable bonds is 7. The Hall–Kier alpha value is -2.62. The second-order valence-corrected chi connectivity index (χ2v) is 4.21. The zero-order valence-corrected chi connectivity index (χ0v) is 11.7. The quantitative estimate of drug-likeness (QED) is 0.454. The highest BCUT2D eigenvalue weighted by Gasteiger charge is 2.12. The Bertz CT molecular complexity index is 651. The first kappa shape index (κ1) is 16.4. The molecule has 0 bridgehead atoms. The molecule has 0 aliphatic heterocycles. The maximum absolute atomic E-state index is 13.9. The Labute approximate surface area is 123 Å². The summed E-state index contributed by atoms with van der Waals surface area (Å²) in [4.78, 5) is 13.4. The fraction of sp³-hybridized carbons (Fsp3) is 0.118. The molecular formula is C17H18FNO2. The van der Waals surface area contributed by atoms with Crippen LogP contribution >= 0.6 is 0 Å². The van der Waals surface area contributed by atoms with Gasteiger partial charge in [0, 0.05) is 11.8 Å². The number of aromatic amines is 1. The minimum atomic E-state index is -0.952. The van der Waals surface area contributed by atoms with E-state index in [2.05, 4.69) is 18.1 Å². The van der Waals surface area contributed by atoms with Crippen molar-refractivity contribution in [1.29, 1.82) is 0 Å². The van der Waals surface area contributed by atoms with E-state index in [9.17, 15) is 14.3 Å². The molecule has 1 aromatic heterocycles. The summed E-state index contributed by atoms with van der Waals surface area (Å²) < 4.78 is 13.9. The van der Waals surface area contributed by atoms with Crippen LogP contribution < -0.4 is 5.56 Å². The van der Waals surface area contributed by atoms with Crippen LogP contribution in [0, 0.1) is 5.82 Å². The highest BCUT2D eigenvalue weighted by atomic mass is 19.1. The molecule has 0 amide bonds. The number of hydrogen-bond acceptors (Lipinski definition) is 2. The fourth-order valence-corrected chi connectivity index (χ4v) is 1.62. The van der Waals surface area contributed by atoms with Gasteiger partial charge in [-0.1, -0.05) is 49.1 Å². The van der Waals surface area contributed by atoms with Gasteiger partial charge in [0.25, 0.3) is 5.56 Å². The zero-order valence-electron chi connectivity index (χ0n) is 11.7. The largest absolute Gasteiger partial charge is 0.501 e. The third kappa shape index (κ3) is 4.76. The number of aromatic nitrogens is 1. The van der Waals surface area contributed by atoms with Gasteiger partial charge in [-0.3, -0.25) is 4.79 Å². The van der Waals surface area contributed by atoms with Gasteiger partial charge in [0.1, 0.15) is 0 Å². The first-order valence-corrected chi connectivity index (χ1v) is 6.49. The van der Waals surface area contributed by atoms with E-state index in [1.54, 1.807) is 18.2 Å². The van der Waals surface area contributed by atoms with Crippen LogP contribution in [-0.4, -0.2) is 10.1 Å². The van der Waals surface area contributed by atoms with E-state index < -0.39 is 17.1 Å². The number of H-pyrrole nitrogens is 1. The van der Waals surface area contributed by atoms with Crippen LogP contribution in [-0.2, 0) is 0 Å². The van der Waals surface area contributed by atoms with Crippen LogP contribution in [0.25, 0.3) is 5.57 Å². The first-order chi connectivity index (χ1) is 10.1. The van der Waals surface area contributed by atoms with E-state index in [0.29, 0.717) is 5.57 Å². The number of unbranched alkanes of at least 4 members (excludes halogenated alkanes) is 1. The van der Waals surface area contributed by atoms with Crippen molar-refractivity contribution in [3.63, 3.8) is 0 Å². The van der Waals surface area contributed by atoms with Crippen molar-refractivity contribution >= 4 is 5.57 Å². The van der Waals surface area contributed by atoms with Gasteiger partial charge < -0.3 is 10.1 Å². The summed E-state index contributed by atoms with van der Waals surface area (Å²) >= 11 is 0. The predicted molar refractivity (Wildman–Crippen MR) is 84.6 cm³/mol. The maximum Gasteiger partial charge on any atom is 0.293 e. The Morgan fingerprint density at radius 3 is 2.76 bits per heavy atom. The van der Waals surface area contributed by atoms with Gasteiger partial charge in [-0.25, -0.2) is 4.39 Å². The van der Waals surface area contributed by atoms with Gasteiger partial charge >= 0.3 is 0 Å². The maximum atomic E-state index is 13.9. The number of pyridine rings is 1. The second-order valence-electron chi connectivity index (χ2n) is 4.21. The zero-order chi connectivity index (χ0) is 15.7. The van der Waals surface area contributed by atoms with E-state index in [1.807, 2.05) is 18.2 Å². The fourth-order valence-electron chi connectivity index (χ4n) is 1.62. The molecule has 21 heavy (non-hydrogen) atoms. The van der Waals surface area contributed by atoms with E-state index >= 15 is 0 Å². The summed E-state index contributed by atoms with van der Waals surface area (Å²) in [6.45, 7) is 7.20. The summed E-state index contributed by atoms with van der Waals surface area (Å²) in [7, 11) is 0. The molecule has 0 aromatic carbocycles. The third-order valence-electron chi connectivity index (χ3n) is 2.68. The normalized spacial score (nSPS) is 12.1. The van der Waals surface area contributed by atoms with Crippen LogP contribution in [0.15, 0.2) is 66.7 Å². The Morgan fingerprint density at radius 2 is 2.10 bits per heavy atom. The molecule has 0 atom stereocenters. The molecule has 4 heteroatoms. The SMILES string of the molecule is C=C\C=C(/C=C/C=C/CCC=C)c1c[nH]c(=O)c(O)c1F. The number of halogens is 1. The van der Waals surface area contributed by atoms with Crippen molar-refractivity contribution in [2.45, 2.75) is 12.8 Å². The van der Waals surface area contributed by atoms with Gasteiger partial charge in [-0.15, -0.1) is 6.58 Å². The molecule has 0 aliphatic carbocycles. The average Bonchev–Trinajstić information content (AvgIpc) is 2.48. The van der Waals surface area contributed by atoms with Crippen LogP contribution in [0.2, 0.25) is 0 Å². The summed E-state index contributed by atoms with van der Waals surface area (Å²) in [6.07, 6.45) is 15.1. The molecule has 2 N–H and O–H groups in total. The third-order valence-corrected chi connectivity index (χ3v) is 2.68. The van der Waals surface area contributed by atoms with Crippen molar-refractivity contribution in [3.8, 4) is 5.75 Å². The van der Waals surface area contributed by atoms with Gasteiger partial charge in [0.15, 0.2) is 5.82 Å². The number of nitrogens with one attached hydrogen (secondary N) is 1. The van der Waals surface area contributed by atoms with Crippen molar-refractivity contribution in [1.82, 2.24) is 4.98 Å². The summed E-state index contributed by atoms with van der Waals surface area (Å²) in [5.74, 6) is -1.87. The molecule has 0 aliphatic rings. The van der Waals surface area contributed by atoms with Crippen LogP contribution in [0.3, 0.4) is 0 Å². The molecule has 0 fully saturated rings. The van der Waals surface area contributed by atoms with E-state index in [0.717, 1.165) is 12.8 Å². The molecular weight excluding hydrogens is 269 g/mol. The molecule has 1 heterocycles. The highest BCUT2D eigenvalue weighted by molar-refractivity contribution is 5.76. The minimum Gasteiger partial charge on any atom is -0.501 e. The molecule has 1 aromatic rings. The van der Waals surface area contributed by atoms with Crippen molar-refractivity contribution < 1.29 is 9.50 Å². The Morgan fingerprint density at radius 1 is 1.33 bits per heavy atom. The standard InChI is InChI=1S/C17H18FNO2/c1-3-5-6-7-8-9-11-13(10-4-2)14-12-19-17(21)16(20)15(14)18/h3-4,7-12,20H,1-2,5-6H2,(H,19,21)/b8-7+,11-9+,13-10+. The topological polar surface area (TPSA) is 53.1 Å². The van der Waals surface area contributed by atoms with E-state index in [1.165, 1.54) is 12.3 Å². The van der Waals surface area contributed by atoms with Crippen LogP contribution in [0.4, 0.5) is 4.39 Å². The molecule has 0 saturated heterocycles. The van der Waals surface area contributed by atoms with Gasteiger partial charge in [-0.05, 0) is 18.4 Å². The summed E-state index contributed by atoms with van der Waals surface area (Å²) in [6, 6.07) is 0. The monoisotopic (exact) mass is 287 g/mol. The second kappa shape index (κ2) is 8.53. The van der Waals surface area contributed by atoms with Crippen molar-refractivity contribution in [2.75, 3.05) is 0 Å². The van der Waals surface area contributed by atoms with Crippen LogP contribution in [0.5, 0.6) is 5.75 Å². The number of allylic oxidation sites excluding steroid dienone is 8. The van der Waals surface area contributed by atoms with Crippen molar-refractivity contribution in [3.05, 3.63) is 83.6 Å². The lowest BCUT2D eigenvalue weighted by atomic mass is 10.1. The number of hydrogen-bond donors (Lipinski definition) is 2. The lowest BCUT2D eigenvalue weighted by Gasteiger charge is -2.04. The average molecular weight is 287 g/mol. The first-order valence-electron chi connectivity index (χ1n) is 6.49. The molecule has 0 spiro atoms. The molecule has 0 saturated carbocycles. The summed E-state index contributed by atoms with van der Waals surface area (Å²) in [5, 5.41) is 9.35. The summed E-state index contributed by atoms with van der Waals surface area (Å²) in [5.41, 5.74) is -0.271. The van der Waals surface area contributed by atoms with Crippen molar-refractivity contribution in [2.24, 2.45) is 0 Å². The smallest absolute Gasteiger partial charge is 0.293 e. The van der Waals surface area contributed by atoms with Gasteiger partial charge in [-0.2, -0.15) is 0 Å². The number of aromatic hydroxyl groups is 1. The molecule has 110 valence electrons. The van der Waals surface area contributed by atoms with Gasteiger partial charge in [0.05, 0.1) is 0 Å². The molecule has 0 unspecified atom stereocenters. The predicted octanol–water partition coefficient (Wildman–Crippen LogP) is 3.87. The Kier molecular flexibility index (Phi) is 6.68. The lowest BCUT2D eigenvalue weighted by molar-refractivity contribution is 0.422. The molecule has 0 radical (unpaired) electrons. The molecule has 3 nitrogen and oxygen atoms in total. The minimum absolute atomic E-state index is 0.0998. The van der Waals surface area contributed by atoms with E-state index in [4.69, 9.17) is 0 Å². The lowest BCUT2D eigenvalue weighted by Crippen LogP contribution is -2.08. The van der Waals surface area contributed by atoms with Crippen LogP contribution in [0.1, 0.15) is 18.4 Å². The Balaban J connectivity index is 3.01.